The lowest BCUT2D eigenvalue weighted by Crippen LogP contribution is -2.37. The van der Waals surface area contributed by atoms with E-state index in [2.05, 4.69) is 10.6 Å². The van der Waals surface area contributed by atoms with E-state index in [9.17, 15) is 19.2 Å². The summed E-state index contributed by atoms with van der Waals surface area (Å²) in [6.07, 6.45) is 3.00. The van der Waals surface area contributed by atoms with Gasteiger partial charge in [0.05, 0.1) is 6.42 Å². The number of ether oxygens (including phenoxy) is 1. The number of carbonyl (C=O) groups is 4. The molecule has 150 valence electrons. The number of fused-ring (bicyclic) bond motifs is 1. The molecular formula is C22H22N2O5. The van der Waals surface area contributed by atoms with Crippen LogP contribution in [0.15, 0.2) is 48.5 Å². The summed E-state index contributed by atoms with van der Waals surface area (Å²) in [7, 11) is 0. The maximum Gasteiger partial charge on any atom is 0.325 e. The average Bonchev–Trinajstić information content (AvgIpc) is 3.19. The molecule has 0 bridgehead atoms. The minimum absolute atomic E-state index is 0.00767. The second-order valence-corrected chi connectivity index (χ2v) is 6.79. The second-order valence-electron chi connectivity index (χ2n) is 6.79. The van der Waals surface area contributed by atoms with Gasteiger partial charge in [-0.1, -0.05) is 30.3 Å². The fourth-order valence-corrected chi connectivity index (χ4v) is 3.17. The monoisotopic (exact) mass is 394 g/mol. The van der Waals surface area contributed by atoms with Crippen molar-refractivity contribution in [2.45, 2.75) is 32.1 Å². The van der Waals surface area contributed by atoms with Crippen LogP contribution in [0.25, 0.3) is 0 Å². The molecule has 7 heteroatoms. The molecule has 3 amide bonds. The third kappa shape index (κ3) is 6.00. The molecule has 0 aliphatic heterocycles. The Morgan fingerprint density at radius 2 is 1.66 bits per heavy atom. The van der Waals surface area contributed by atoms with Crippen LogP contribution < -0.4 is 10.6 Å². The molecule has 0 saturated carbocycles. The van der Waals surface area contributed by atoms with Gasteiger partial charge >= 0.3 is 12.0 Å². The molecular weight excluding hydrogens is 372 g/mol. The van der Waals surface area contributed by atoms with Crippen molar-refractivity contribution in [3.05, 3.63) is 65.2 Å². The molecule has 0 saturated heterocycles. The van der Waals surface area contributed by atoms with Crippen molar-refractivity contribution >= 4 is 29.4 Å². The van der Waals surface area contributed by atoms with E-state index >= 15 is 0 Å². The summed E-state index contributed by atoms with van der Waals surface area (Å²) in [5, 5.41) is 4.55. The van der Waals surface area contributed by atoms with E-state index in [-0.39, 0.29) is 18.6 Å². The fraction of sp³-hybridized carbons (Fsp3) is 0.273. The highest BCUT2D eigenvalue weighted by atomic mass is 16.5. The predicted molar refractivity (Wildman–Crippen MR) is 107 cm³/mol. The normalized spacial score (nSPS) is 12.0. The third-order valence-corrected chi connectivity index (χ3v) is 4.63. The van der Waals surface area contributed by atoms with Gasteiger partial charge in [0.15, 0.2) is 12.4 Å². The molecule has 0 unspecified atom stereocenters. The number of imide groups is 1. The zero-order valence-corrected chi connectivity index (χ0v) is 15.9. The summed E-state index contributed by atoms with van der Waals surface area (Å²) in [4.78, 5) is 47.5. The number of hydrogen-bond acceptors (Lipinski definition) is 5. The topological polar surface area (TPSA) is 102 Å². The Hall–Kier alpha value is -3.48. The van der Waals surface area contributed by atoms with Crippen molar-refractivity contribution in [3.8, 4) is 0 Å². The van der Waals surface area contributed by atoms with Gasteiger partial charge in [0.1, 0.15) is 0 Å². The summed E-state index contributed by atoms with van der Waals surface area (Å²) in [6.45, 7) is -0.589. The van der Waals surface area contributed by atoms with Gasteiger partial charge in [0.2, 0.25) is 0 Å². The van der Waals surface area contributed by atoms with Gasteiger partial charge in [-0.05, 0) is 48.6 Å². The molecule has 2 aromatic rings. The average molecular weight is 394 g/mol. The van der Waals surface area contributed by atoms with E-state index in [0.717, 1.165) is 19.3 Å². The number of esters is 1. The fourth-order valence-electron chi connectivity index (χ4n) is 3.17. The summed E-state index contributed by atoms with van der Waals surface area (Å²) in [5.41, 5.74) is 3.60. The van der Waals surface area contributed by atoms with Gasteiger partial charge in [-0.25, -0.2) is 4.79 Å². The van der Waals surface area contributed by atoms with Gasteiger partial charge in [-0.3, -0.25) is 19.7 Å². The maximum absolute atomic E-state index is 12.3. The molecule has 0 fully saturated rings. The lowest BCUT2D eigenvalue weighted by molar-refractivity contribution is -0.148. The zero-order valence-electron chi connectivity index (χ0n) is 15.9. The molecule has 7 nitrogen and oxygen atoms in total. The quantitative estimate of drug-likeness (QED) is 0.555. The molecule has 1 aliphatic carbocycles. The molecule has 0 aromatic heterocycles. The molecule has 2 aromatic carbocycles. The van der Waals surface area contributed by atoms with E-state index in [1.807, 2.05) is 12.1 Å². The number of benzene rings is 2. The van der Waals surface area contributed by atoms with E-state index in [1.54, 1.807) is 36.4 Å². The van der Waals surface area contributed by atoms with Crippen molar-refractivity contribution in [1.82, 2.24) is 5.32 Å². The third-order valence-electron chi connectivity index (χ3n) is 4.63. The molecule has 0 spiro atoms. The smallest absolute Gasteiger partial charge is 0.325 e. The summed E-state index contributed by atoms with van der Waals surface area (Å²) >= 11 is 0. The molecule has 3 rings (SSSR count). The van der Waals surface area contributed by atoms with E-state index in [1.165, 1.54) is 11.1 Å². The Morgan fingerprint density at radius 1 is 0.897 bits per heavy atom. The predicted octanol–water partition coefficient (Wildman–Crippen LogP) is 3.03. The van der Waals surface area contributed by atoms with Crippen LogP contribution in [0.5, 0.6) is 0 Å². The zero-order chi connectivity index (χ0) is 20.6. The van der Waals surface area contributed by atoms with E-state index < -0.39 is 24.5 Å². The lowest BCUT2D eigenvalue weighted by Gasteiger charge is -2.07. The number of hydrogen-bond donors (Lipinski definition) is 2. The van der Waals surface area contributed by atoms with Crippen molar-refractivity contribution in [1.29, 1.82) is 0 Å². The number of carbonyl (C=O) groups excluding carboxylic acids is 4. The molecule has 2 N–H and O–H groups in total. The van der Waals surface area contributed by atoms with Crippen LogP contribution in [-0.2, 0) is 27.2 Å². The van der Waals surface area contributed by atoms with Crippen molar-refractivity contribution < 1.29 is 23.9 Å². The minimum atomic E-state index is -0.753. The number of rotatable bonds is 7. The van der Waals surface area contributed by atoms with Crippen molar-refractivity contribution in [2.75, 3.05) is 11.9 Å². The number of ketones is 1. The first-order valence-corrected chi connectivity index (χ1v) is 9.48. The highest BCUT2D eigenvalue weighted by Gasteiger charge is 2.16. The van der Waals surface area contributed by atoms with Crippen LogP contribution in [0.2, 0.25) is 0 Å². The summed E-state index contributed by atoms with van der Waals surface area (Å²) < 4.78 is 4.83. The molecule has 1 aliphatic rings. The number of aryl methyl sites for hydroxylation is 2. The van der Waals surface area contributed by atoms with Gasteiger partial charge in [0, 0.05) is 17.7 Å². The molecule has 0 atom stereocenters. The Bertz CT molecular complexity index is 924. The molecule has 0 heterocycles. The first kappa shape index (κ1) is 20.3. The number of urea groups is 1. The van der Waals surface area contributed by atoms with Crippen molar-refractivity contribution in [2.24, 2.45) is 0 Å². The molecule has 0 radical (unpaired) electrons. The number of Topliss-reactive ketones (excluding diaryl/α,β-unsaturated/α-hetero) is 1. The van der Waals surface area contributed by atoms with Crippen LogP contribution in [-0.4, -0.2) is 30.3 Å². The lowest BCUT2D eigenvalue weighted by atomic mass is 10.0. The van der Waals surface area contributed by atoms with Gasteiger partial charge in [0.25, 0.3) is 5.91 Å². The Morgan fingerprint density at radius 3 is 2.45 bits per heavy atom. The summed E-state index contributed by atoms with van der Waals surface area (Å²) in [5.74, 6) is -1.56. The van der Waals surface area contributed by atoms with Crippen molar-refractivity contribution in [3.63, 3.8) is 0 Å². The minimum Gasteiger partial charge on any atom is -0.456 e. The van der Waals surface area contributed by atoms with Crippen LogP contribution in [0, 0.1) is 0 Å². The van der Waals surface area contributed by atoms with Crippen LogP contribution in [0.3, 0.4) is 0 Å². The largest absolute Gasteiger partial charge is 0.456 e. The Balaban J connectivity index is 1.36. The standard InChI is InChI=1S/C22H22N2O5/c25-19(17-10-9-15-5-4-6-16(15)13-17)11-12-21(27)29-14-20(26)24-22(28)23-18-7-2-1-3-8-18/h1-3,7-10,13H,4-6,11-12,14H2,(H2,23,24,26,28). The van der Waals surface area contributed by atoms with Crippen LogP contribution in [0.1, 0.15) is 40.7 Å². The number of nitrogens with one attached hydrogen (secondary N) is 2. The van der Waals surface area contributed by atoms with Gasteiger partial charge < -0.3 is 10.1 Å². The number of amides is 3. The van der Waals surface area contributed by atoms with Gasteiger partial charge in [-0.2, -0.15) is 0 Å². The maximum atomic E-state index is 12.3. The highest BCUT2D eigenvalue weighted by Crippen LogP contribution is 2.23. The summed E-state index contributed by atoms with van der Waals surface area (Å²) in [6, 6.07) is 13.5. The number of para-hydroxylation sites is 1. The van der Waals surface area contributed by atoms with Crippen LogP contribution in [0.4, 0.5) is 10.5 Å². The highest BCUT2D eigenvalue weighted by molar-refractivity contribution is 6.02. The number of anilines is 1. The first-order valence-electron chi connectivity index (χ1n) is 9.48. The first-order chi connectivity index (χ1) is 14.0. The Labute approximate surface area is 168 Å². The second kappa shape index (κ2) is 9.64. The van der Waals surface area contributed by atoms with Gasteiger partial charge in [-0.15, -0.1) is 0 Å². The Kier molecular flexibility index (Phi) is 6.73. The van der Waals surface area contributed by atoms with Crippen LogP contribution >= 0.6 is 0 Å². The SMILES string of the molecule is O=C(COC(=O)CCC(=O)c1ccc2c(c1)CCC2)NC(=O)Nc1ccccc1. The molecule has 29 heavy (non-hydrogen) atoms. The van der Waals surface area contributed by atoms with E-state index in [0.29, 0.717) is 11.3 Å². The van der Waals surface area contributed by atoms with E-state index in [4.69, 9.17) is 4.74 Å².